The number of hydrogen-bond donors (Lipinski definition) is 2. The van der Waals surface area contributed by atoms with Crippen LogP contribution in [0.1, 0.15) is 22.8 Å². The van der Waals surface area contributed by atoms with E-state index in [1.54, 1.807) is 25.1 Å². The van der Waals surface area contributed by atoms with E-state index in [0.29, 0.717) is 22.8 Å². The molecule has 0 radical (unpaired) electrons. The Morgan fingerprint density at radius 1 is 1.12 bits per heavy atom. The van der Waals surface area contributed by atoms with Crippen LogP contribution in [0.2, 0.25) is 0 Å². The van der Waals surface area contributed by atoms with E-state index in [0.717, 1.165) is 10.0 Å². The molecule has 2 amide bonds. The van der Waals surface area contributed by atoms with Gasteiger partial charge in [-0.3, -0.25) is 9.59 Å². The van der Waals surface area contributed by atoms with Gasteiger partial charge in [0.2, 0.25) is 6.79 Å². The maximum atomic E-state index is 12.1. The van der Waals surface area contributed by atoms with Gasteiger partial charge in [0, 0.05) is 10.0 Å². The topological polar surface area (TPSA) is 89.0 Å². The van der Waals surface area contributed by atoms with Gasteiger partial charge in [0.15, 0.2) is 11.5 Å². The van der Waals surface area contributed by atoms with Crippen LogP contribution in [-0.4, -0.2) is 30.9 Å². The Morgan fingerprint density at radius 2 is 1.92 bits per heavy atom. The van der Waals surface area contributed by atoms with Crippen LogP contribution in [0.4, 0.5) is 0 Å². The molecule has 2 aromatic rings. The Kier molecular flexibility index (Phi) is 5.52. The molecule has 0 aliphatic carbocycles. The van der Waals surface area contributed by atoms with Crippen molar-refractivity contribution in [3.05, 3.63) is 58.1 Å². The van der Waals surface area contributed by atoms with Gasteiger partial charge in [0.05, 0.1) is 12.3 Å². The molecule has 0 unspecified atom stereocenters. The van der Waals surface area contributed by atoms with Crippen molar-refractivity contribution in [1.82, 2.24) is 10.7 Å². The quantitative estimate of drug-likeness (QED) is 0.577. The van der Waals surface area contributed by atoms with Crippen molar-refractivity contribution in [2.24, 2.45) is 5.10 Å². The molecule has 134 valence electrons. The molecule has 0 fully saturated rings. The molecule has 0 bridgehead atoms. The first-order valence-electron chi connectivity index (χ1n) is 7.80. The lowest BCUT2D eigenvalue weighted by molar-refractivity contribution is -0.120. The molecule has 1 aliphatic rings. The first-order valence-corrected chi connectivity index (χ1v) is 8.59. The highest BCUT2D eigenvalue weighted by molar-refractivity contribution is 9.10. The fourth-order valence-corrected chi connectivity index (χ4v) is 2.66. The lowest BCUT2D eigenvalue weighted by Crippen LogP contribution is -2.35. The predicted octanol–water partition coefficient (Wildman–Crippen LogP) is 2.45. The van der Waals surface area contributed by atoms with Crippen LogP contribution in [-0.2, 0) is 4.79 Å². The molecule has 3 rings (SSSR count). The smallest absolute Gasteiger partial charge is 0.259 e. The Morgan fingerprint density at radius 3 is 2.73 bits per heavy atom. The number of nitrogens with one attached hydrogen (secondary N) is 2. The van der Waals surface area contributed by atoms with Gasteiger partial charge in [0.1, 0.15) is 0 Å². The summed E-state index contributed by atoms with van der Waals surface area (Å²) in [6, 6.07) is 12.4. The number of fused-ring (bicyclic) bond motifs is 1. The molecule has 1 heterocycles. The summed E-state index contributed by atoms with van der Waals surface area (Å²) in [6.07, 6.45) is 0. The second kappa shape index (κ2) is 8.01. The number of halogens is 1. The summed E-state index contributed by atoms with van der Waals surface area (Å²) in [5, 5.41) is 6.58. The number of nitrogens with zero attached hydrogens (tertiary/aromatic N) is 1. The van der Waals surface area contributed by atoms with Crippen molar-refractivity contribution >= 4 is 33.5 Å². The van der Waals surface area contributed by atoms with Crippen molar-refractivity contribution in [1.29, 1.82) is 0 Å². The predicted molar refractivity (Wildman–Crippen MR) is 99.4 cm³/mol. The van der Waals surface area contributed by atoms with Crippen LogP contribution in [0.15, 0.2) is 52.0 Å². The van der Waals surface area contributed by atoms with Crippen molar-refractivity contribution in [2.75, 3.05) is 13.3 Å². The molecule has 0 aromatic heterocycles. The Labute approximate surface area is 158 Å². The number of amides is 2. The third-order valence-corrected chi connectivity index (χ3v) is 4.13. The zero-order chi connectivity index (χ0) is 18.5. The highest BCUT2D eigenvalue weighted by atomic mass is 79.9. The minimum atomic E-state index is -0.423. The minimum absolute atomic E-state index is 0.137. The highest BCUT2D eigenvalue weighted by Gasteiger charge is 2.16. The fraction of sp³-hybridized carbons (Fsp3) is 0.167. The average molecular weight is 418 g/mol. The number of rotatable bonds is 5. The molecule has 0 saturated heterocycles. The Hall–Kier alpha value is -2.87. The van der Waals surface area contributed by atoms with Gasteiger partial charge < -0.3 is 14.8 Å². The first-order chi connectivity index (χ1) is 12.5. The molecule has 1 aliphatic heterocycles. The summed E-state index contributed by atoms with van der Waals surface area (Å²) >= 11 is 3.39. The second-order valence-electron chi connectivity index (χ2n) is 5.49. The molecule has 0 saturated carbocycles. The van der Waals surface area contributed by atoms with Gasteiger partial charge in [-0.05, 0) is 42.8 Å². The summed E-state index contributed by atoms with van der Waals surface area (Å²) in [5.74, 6) is 0.299. The molecule has 0 atom stereocenters. The summed E-state index contributed by atoms with van der Waals surface area (Å²) in [7, 11) is 0. The van der Waals surface area contributed by atoms with Gasteiger partial charge in [-0.2, -0.15) is 5.10 Å². The fourth-order valence-electron chi connectivity index (χ4n) is 2.26. The molecule has 2 aromatic carbocycles. The number of benzene rings is 2. The standard InChI is InChI=1S/C18H16BrN3O4/c1-11(12-3-2-4-14(19)7-12)21-22-17(23)9-20-18(24)13-5-6-15-16(8-13)26-10-25-15/h2-8H,9-10H2,1H3,(H,20,24)(H,22,23)/b21-11+. The molecule has 2 N–H and O–H groups in total. The SMILES string of the molecule is C/C(=N\NC(=O)CNC(=O)c1ccc2c(c1)OCO2)c1cccc(Br)c1. The largest absolute Gasteiger partial charge is 0.454 e. The number of ether oxygens (including phenoxy) is 2. The van der Waals surface area contributed by atoms with Crippen molar-refractivity contribution in [3.63, 3.8) is 0 Å². The second-order valence-corrected chi connectivity index (χ2v) is 6.41. The lowest BCUT2D eigenvalue weighted by Gasteiger charge is -2.06. The van der Waals surface area contributed by atoms with Gasteiger partial charge in [0.25, 0.3) is 11.8 Å². The zero-order valence-corrected chi connectivity index (χ0v) is 15.5. The van der Waals surface area contributed by atoms with Crippen LogP contribution < -0.4 is 20.2 Å². The molecule has 26 heavy (non-hydrogen) atoms. The average Bonchev–Trinajstić information content (AvgIpc) is 3.11. The van der Waals surface area contributed by atoms with Crippen LogP contribution in [0.25, 0.3) is 0 Å². The molecule has 8 heteroatoms. The molecular formula is C18H16BrN3O4. The molecule has 0 spiro atoms. The first kappa shape index (κ1) is 17.9. The number of carbonyl (C=O) groups is 2. The van der Waals surface area contributed by atoms with Crippen LogP contribution >= 0.6 is 15.9 Å². The zero-order valence-electron chi connectivity index (χ0n) is 13.9. The summed E-state index contributed by atoms with van der Waals surface area (Å²) < 4.78 is 11.3. The summed E-state index contributed by atoms with van der Waals surface area (Å²) in [6.45, 7) is 1.73. The van der Waals surface area contributed by atoms with Gasteiger partial charge in [-0.15, -0.1) is 0 Å². The maximum Gasteiger partial charge on any atom is 0.259 e. The number of carbonyl (C=O) groups excluding carboxylic acids is 2. The van der Waals surface area contributed by atoms with Gasteiger partial charge in [-0.1, -0.05) is 28.1 Å². The normalized spacial score (nSPS) is 12.6. The van der Waals surface area contributed by atoms with Crippen molar-refractivity contribution < 1.29 is 19.1 Å². The highest BCUT2D eigenvalue weighted by Crippen LogP contribution is 2.32. The monoisotopic (exact) mass is 417 g/mol. The van der Waals surface area contributed by atoms with E-state index in [2.05, 4.69) is 31.8 Å². The third kappa shape index (κ3) is 4.40. The van der Waals surface area contributed by atoms with Crippen LogP contribution in [0.3, 0.4) is 0 Å². The van der Waals surface area contributed by atoms with Gasteiger partial charge in [-0.25, -0.2) is 5.43 Å². The van der Waals surface area contributed by atoms with E-state index in [-0.39, 0.29) is 19.2 Å². The van der Waals surface area contributed by atoms with E-state index in [4.69, 9.17) is 9.47 Å². The van der Waals surface area contributed by atoms with Crippen LogP contribution in [0.5, 0.6) is 11.5 Å². The lowest BCUT2D eigenvalue weighted by atomic mass is 10.1. The van der Waals surface area contributed by atoms with E-state index < -0.39 is 5.91 Å². The summed E-state index contributed by atoms with van der Waals surface area (Å²) in [4.78, 5) is 24.0. The Bertz CT molecular complexity index is 882. The van der Waals surface area contributed by atoms with E-state index in [1.807, 2.05) is 24.3 Å². The summed E-state index contributed by atoms with van der Waals surface area (Å²) in [5.41, 5.74) is 4.34. The van der Waals surface area contributed by atoms with Crippen LogP contribution in [0, 0.1) is 0 Å². The van der Waals surface area contributed by atoms with E-state index in [1.165, 1.54) is 0 Å². The third-order valence-electron chi connectivity index (χ3n) is 3.63. The Balaban J connectivity index is 1.52. The van der Waals surface area contributed by atoms with Crippen molar-refractivity contribution in [3.8, 4) is 11.5 Å². The number of hydrazone groups is 1. The number of hydrogen-bond acceptors (Lipinski definition) is 5. The van der Waals surface area contributed by atoms with E-state index >= 15 is 0 Å². The maximum absolute atomic E-state index is 12.1. The van der Waals surface area contributed by atoms with E-state index in [9.17, 15) is 9.59 Å². The van der Waals surface area contributed by atoms with Crippen molar-refractivity contribution in [2.45, 2.75) is 6.92 Å². The molecular weight excluding hydrogens is 402 g/mol. The van der Waals surface area contributed by atoms with Gasteiger partial charge >= 0.3 is 0 Å². The minimum Gasteiger partial charge on any atom is -0.454 e. The molecule has 7 nitrogen and oxygen atoms in total.